The number of amides is 1. The Morgan fingerprint density at radius 3 is 2.67 bits per heavy atom. The van der Waals surface area contributed by atoms with Crippen LogP contribution in [0.5, 0.6) is 0 Å². The molecule has 2 heterocycles. The van der Waals surface area contributed by atoms with Gasteiger partial charge in [0.05, 0.1) is 5.56 Å². The van der Waals surface area contributed by atoms with Crippen molar-refractivity contribution in [3.8, 4) is 5.69 Å². The lowest BCUT2D eigenvalue weighted by Gasteiger charge is -2.27. The monoisotopic (exact) mass is 291 g/mol. The molecule has 2 aromatic rings. The second-order valence-corrected chi connectivity index (χ2v) is 4.91. The van der Waals surface area contributed by atoms with Crippen LogP contribution in [-0.2, 0) is 0 Å². The van der Waals surface area contributed by atoms with Crippen molar-refractivity contribution in [1.29, 1.82) is 0 Å². The van der Waals surface area contributed by atoms with Crippen LogP contribution in [0.3, 0.4) is 0 Å². The van der Waals surface area contributed by atoms with Crippen molar-refractivity contribution in [1.82, 2.24) is 25.1 Å². The molecular formula is C13H14FN5O2. The number of benzene rings is 1. The van der Waals surface area contributed by atoms with Gasteiger partial charge in [-0.05, 0) is 41.8 Å². The van der Waals surface area contributed by atoms with Crippen molar-refractivity contribution < 1.29 is 9.18 Å². The molecule has 3 rings (SSSR count). The predicted octanol–water partition coefficient (Wildman–Crippen LogP) is 0.721. The lowest BCUT2D eigenvalue weighted by atomic mass is 10.1. The zero-order valence-electron chi connectivity index (χ0n) is 11.3. The molecule has 7 nitrogen and oxygen atoms in total. The highest BCUT2D eigenvalue weighted by Crippen LogP contribution is 2.20. The first-order valence-electron chi connectivity index (χ1n) is 6.77. The number of likely N-dealkylation sites (tertiary alicyclic amines) is 1. The van der Waals surface area contributed by atoms with E-state index in [0.29, 0.717) is 13.1 Å². The Hall–Kier alpha value is -2.51. The molecule has 110 valence electrons. The maximum absolute atomic E-state index is 14.1. The molecule has 1 aliphatic rings. The summed E-state index contributed by atoms with van der Waals surface area (Å²) < 4.78 is 14.9. The molecule has 21 heavy (non-hydrogen) atoms. The summed E-state index contributed by atoms with van der Waals surface area (Å²) in [5.41, 5.74) is -0.729. The lowest BCUT2D eigenvalue weighted by Crippen LogP contribution is -2.36. The first-order valence-corrected chi connectivity index (χ1v) is 6.77. The third kappa shape index (κ3) is 2.44. The molecule has 0 saturated carbocycles. The van der Waals surface area contributed by atoms with Crippen LogP contribution in [0.25, 0.3) is 5.69 Å². The molecule has 0 aliphatic carbocycles. The van der Waals surface area contributed by atoms with Gasteiger partial charge >= 0.3 is 5.69 Å². The summed E-state index contributed by atoms with van der Waals surface area (Å²) in [5, 5.41) is 8.95. The number of carbonyl (C=O) groups is 1. The Balaban J connectivity index is 2.07. The van der Waals surface area contributed by atoms with E-state index < -0.39 is 11.5 Å². The molecule has 0 spiro atoms. The molecule has 1 aromatic carbocycles. The van der Waals surface area contributed by atoms with Gasteiger partial charge in [-0.25, -0.2) is 14.3 Å². The average molecular weight is 291 g/mol. The van der Waals surface area contributed by atoms with Gasteiger partial charge in [-0.3, -0.25) is 4.79 Å². The van der Waals surface area contributed by atoms with Crippen molar-refractivity contribution in [2.45, 2.75) is 19.3 Å². The van der Waals surface area contributed by atoms with Crippen LogP contribution in [0.15, 0.2) is 23.0 Å². The zero-order chi connectivity index (χ0) is 14.8. The molecule has 1 N–H and O–H groups in total. The Labute approximate surface area is 119 Å². The zero-order valence-corrected chi connectivity index (χ0v) is 11.3. The normalized spacial score (nSPS) is 15.2. The van der Waals surface area contributed by atoms with Crippen LogP contribution >= 0.6 is 0 Å². The van der Waals surface area contributed by atoms with E-state index in [1.165, 1.54) is 18.2 Å². The molecule has 1 saturated heterocycles. The SMILES string of the molecule is O=C(c1cccc(F)c1-n1nn[nH]c1=O)N1CCCCC1. The molecule has 0 radical (unpaired) electrons. The number of tetrazole rings is 1. The molecule has 1 fully saturated rings. The molecule has 0 unspecified atom stereocenters. The van der Waals surface area contributed by atoms with Crippen LogP contribution < -0.4 is 5.69 Å². The van der Waals surface area contributed by atoms with Gasteiger partial charge in [0.1, 0.15) is 11.5 Å². The first kappa shape index (κ1) is 13.5. The summed E-state index contributed by atoms with van der Waals surface area (Å²) in [6.45, 7) is 1.28. The van der Waals surface area contributed by atoms with Gasteiger partial charge in [-0.1, -0.05) is 6.07 Å². The second-order valence-electron chi connectivity index (χ2n) is 4.91. The minimum Gasteiger partial charge on any atom is -0.339 e. The van der Waals surface area contributed by atoms with Crippen LogP contribution in [-0.4, -0.2) is 44.1 Å². The fraction of sp³-hybridized carbons (Fsp3) is 0.385. The summed E-state index contributed by atoms with van der Waals surface area (Å²) in [6, 6.07) is 4.13. The number of hydrogen-bond donors (Lipinski definition) is 1. The minimum absolute atomic E-state index is 0.118. The highest BCUT2D eigenvalue weighted by atomic mass is 19.1. The number of aromatic amines is 1. The van der Waals surface area contributed by atoms with E-state index in [1.807, 2.05) is 0 Å². The van der Waals surface area contributed by atoms with E-state index in [1.54, 1.807) is 4.90 Å². The molecule has 1 amide bonds. The largest absolute Gasteiger partial charge is 0.365 e. The van der Waals surface area contributed by atoms with E-state index in [9.17, 15) is 14.0 Å². The van der Waals surface area contributed by atoms with Crippen LogP contribution in [0.1, 0.15) is 29.6 Å². The summed E-state index contributed by atoms with van der Waals surface area (Å²) in [4.78, 5) is 25.9. The van der Waals surface area contributed by atoms with Crippen LogP contribution in [0.4, 0.5) is 4.39 Å². The Morgan fingerprint density at radius 2 is 2.00 bits per heavy atom. The fourth-order valence-electron chi connectivity index (χ4n) is 2.51. The Bertz CT molecular complexity index is 717. The van der Waals surface area contributed by atoms with E-state index in [2.05, 4.69) is 15.5 Å². The number of nitrogens with one attached hydrogen (secondary N) is 1. The summed E-state index contributed by atoms with van der Waals surface area (Å²) >= 11 is 0. The summed E-state index contributed by atoms with van der Waals surface area (Å²) in [5.74, 6) is -0.979. The summed E-state index contributed by atoms with van der Waals surface area (Å²) in [6.07, 6.45) is 2.95. The van der Waals surface area contributed by atoms with Crippen LogP contribution in [0.2, 0.25) is 0 Å². The third-order valence-electron chi connectivity index (χ3n) is 3.54. The third-order valence-corrected chi connectivity index (χ3v) is 3.54. The topological polar surface area (TPSA) is 83.9 Å². The van der Waals surface area contributed by atoms with Crippen LogP contribution in [0, 0.1) is 5.82 Å². The number of nitrogens with zero attached hydrogens (tertiary/aromatic N) is 4. The lowest BCUT2D eigenvalue weighted by molar-refractivity contribution is 0.0723. The predicted molar refractivity (Wildman–Crippen MR) is 71.7 cm³/mol. The van der Waals surface area contributed by atoms with Gasteiger partial charge < -0.3 is 4.90 Å². The number of H-pyrrole nitrogens is 1. The van der Waals surface area contributed by atoms with Gasteiger partial charge in [0.25, 0.3) is 5.91 Å². The number of hydrogen-bond acceptors (Lipinski definition) is 4. The second kappa shape index (κ2) is 5.47. The van der Waals surface area contributed by atoms with E-state index in [-0.39, 0.29) is 17.2 Å². The number of rotatable bonds is 2. The number of aromatic nitrogens is 4. The van der Waals surface area contributed by atoms with E-state index in [0.717, 1.165) is 23.9 Å². The highest BCUT2D eigenvalue weighted by molar-refractivity contribution is 5.97. The number of piperidine rings is 1. The molecular weight excluding hydrogens is 277 g/mol. The fourth-order valence-corrected chi connectivity index (χ4v) is 2.51. The quantitative estimate of drug-likeness (QED) is 0.883. The average Bonchev–Trinajstić information content (AvgIpc) is 2.93. The van der Waals surface area contributed by atoms with Gasteiger partial charge in [-0.15, -0.1) is 0 Å². The minimum atomic E-state index is -0.687. The van der Waals surface area contributed by atoms with Gasteiger partial charge in [0.15, 0.2) is 0 Å². The Morgan fingerprint density at radius 1 is 1.24 bits per heavy atom. The molecule has 1 aliphatic heterocycles. The maximum atomic E-state index is 14.1. The van der Waals surface area contributed by atoms with Crippen molar-refractivity contribution >= 4 is 5.91 Å². The molecule has 0 bridgehead atoms. The molecule has 0 atom stereocenters. The standard InChI is InChI=1S/C13H14FN5O2/c14-10-6-4-5-9(11(10)19-13(21)15-16-17-19)12(20)18-7-2-1-3-8-18/h4-6H,1-3,7-8H2,(H,15,17,21). The highest BCUT2D eigenvalue weighted by Gasteiger charge is 2.24. The van der Waals surface area contributed by atoms with Gasteiger partial charge in [0, 0.05) is 13.1 Å². The Kier molecular flexibility index (Phi) is 3.51. The van der Waals surface area contributed by atoms with Gasteiger partial charge in [0.2, 0.25) is 0 Å². The van der Waals surface area contributed by atoms with Gasteiger partial charge in [-0.2, -0.15) is 4.68 Å². The first-order chi connectivity index (χ1) is 10.2. The van der Waals surface area contributed by atoms with Crippen molar-refractivity contribution in [3.05, 3.63) is 40.1 Å². The maximum Gasteiger partial charge on any atom is 0.365 e. The number of para-hydroxylation sites is 1. The van der Waals surface area contributed by atoms with E-state index >= 15 is 0 Å². The smallest absolute Gasteiger partial charge is 0.339 e. The number of halogens is 1. The van der Waals surface area contributed by atoms with E-state index in [4.69, 9.17) is 0 Å². The van der Waals surface area contributed by atoms with Crippen molar-refractivity contribution in [2.24, 2.45) is 0 Å². The number of carbonyl (C=O) groups excluding carboxylic acids is 1. The molecule has 1 aromatic heterocycles. The molecule has 8 heteroatoms. The summed E-state index contributed by atoms with van der Waals surface area (Å²) in [7, 11) is 0. The van der Waals surface area contributed by atoms with Crippen molar-refractivity contribution in [3.63, 3.8) is 0 Å². The van der Waals surface area contributed by atoms with Crippen molar-refractivity contribution in [2.75, 3.05) is 13.1 Å².